The molecule has 4 nitrogen and oxygen atoms in total. The van der Waals surface area contributed by atoms with Crippen LogP contribution in [0.3, 0.4) is 0 Å². The normalized spacial score (nSPS) is 40.8. The number of carbonyl (C=O) groups is 1. The molecule has 1 aliphatic carbocycles. The standard InChI is InChI=1S/C17H30N2O2/c1-13-6-5-7-14(2)19(13)16(20)18-11-10-17(21)9-4-3-8-15(17)12-18/h13-15,21H,3-12H2,1-2H3. The third-order valence-corrected chi connectivity index (χ3v) is 6.11. The molecule has 0 aromatic rings. The van der Waals surface area contributed by atoms with Gasteiger partial charge in [0.05, 0.1) is 5.60 Å². The van der Waals surface area contributed by atoms with Gasteiger partial charge >= 0.3 is 6.03 Å². The molecule has 2 aliphatic heterocycles. The van der Waals surface area contributed by atoms with Gasteiger partial charge in [0.25, 0.3) is 0 Å². The second-order valence-corrected chi connectivity index (χ2v) is 7.56. The van der Waals surface area contributed by atoms with Crippen molar-refractivity contribution >= 4 is 6.03 Å². The first kappa shape index (κ1) is 15.1. The number of hydrogen-bond acceptors (Lipinski definition) is 2. The topological polar surface area (TPSA) is 43.8 Å². The summed E-state index contributed by atoms with van der Waals surface area (Å²) in [7, 11) is 0. The Hall–Kier alpha value is -0.770. The number of nitrogens with zero attached hydrogens (tertiary/aromatic N) is 2. The lowest BCUT2D eigenvalue weighted by molar-refractivity contribution is -0.0902. The SMILES string of the molecule is CC1CCCC(C)N1C(=O)N1CCC2(O)CCCCC2C1. The highest BCUT2D eigenvalue weighted by Gasteiger charge is 2.45. The van der Waals surface area contributed by atoms with Gasteiger partial charge in [-0.2, -0.15) is 0 Å². The van der Waals surface area contributed by atoms with Crippen LogP contribution < -0.4 is 0 Å². The Bertz CT molecular complexity index is 390. The lowest BCUT2D eigenvalue weighted by Gasteiger charge is -2.49. The van der Waals surface area contributed by atoms with Crippen LogP contribution >= 0.6 is 0 Å². The number of rotatable bonds is 0. The van der Waals surface area contributed by atoms with E-state index >= 15 is 0 Å². The highest BCUT2D eigenvalue weighted by Crippen LogP contribution is 2.40. The maximum atomic E-state index is 12.9. The molecule has 4 heteroatoms. The Balaban J connectivity index is 1.68. The van der Waals surface area contributed by atoms with Gasteiger partial charge in [-0.3, -0.25) is 0 Å². The fourth-order valence-electron chi connectivity index (χ4n) is 4.71. The van der Waals surface area contributed by atoms with E-state index < -0.39 is 5.60 Å². The molecule has 21 heavy (non-hydrogen) atoms. The van der Waals surface area contributed by atoms with E-state index in [1.807, 2.05) is 4.90 Å². The van der Waals surface area contributed by atoms with E-state index in [9.17, 15) is 9.90 Å². The van der Waals surface area contributed by atoms with E-state index in [0.717, 1.165) is 51.6 Å². The zero-order chi connectivity index (χ0) is 15.0. The summed E-state index contributed by atoms with van der Waals surface area (Å²) in [5.74, 6) is 0.291. The van der Waals surface area contributed by atoms with Crippen LogP contribution in [0.15, 0.2) is 0 Å². The number of aliphatic hydroxyl groups is 1. The molecule has 0 aromatic carbocycles. The number of piperidine rings is 2. The van der Waals surface area contributed by atoms with Crippen LogP contribution in [0.5, 0.6) is 0 Å². The molecule has 3 fully saturated rings. The molecular weight excluding hydrogens is 264 g/mol. The molecule has 120 valence electrons. The molecule has 2 saturated heterocycles. The van der Waals surface area contributed by atoms with Gasteiger partial charge in [-0.05, 0) is 52.4 Å². The van der Waals surface area contributed by atoms with Crippen molar-refractivity contribution in [3.8, 4) is 0 Å². The van der Waals surface area contributed by atoms with E-state index in [2.05, 4.69) is 18.7 Å². The summed E-state index contributed by atoms with van der Waals surface area (Å²) >= 11 is 0. The van der Waals surface area contributed by atoms with Crippen molar-refractivity contribution in [1.29, 1.82) is 0 Å². The maximum Gasteiger partial charge on any atom is 0.320 e. The molecule has 3 rings (SSSR count). The molecule has 0 bridgehead atoms. The number of urea groups is 1. The summed E-state index contributed by atoms with van der Waals surface area (Å²) in [6.45, 7) is 5.83. The number of fused-ring (bicyclic) bond motifs is 1. The molecule has 2 heterocycles. The van der Waals surface area contributed by atoms with Crippen molar-refractivity contribution in [2.24, 2.45) is 5.92 Å². The van der Waals surface area contributed by atoms with E-state index in [1.165, 1.54) is 12.8 Å². The van der Waals surface area contributed by atoms with E-state index in [1.54, 1.807) is 0 Å². The van der Waals surface area contributed by atoms with Crippen LogP contribution in [0.4, 0.5) is 4.79 Å². The summed E-state index contributed by atoms with van der Waals surface area (Å²) in [5.41, 5.74) is -0.492. The van der Waals surface area contributed by atoms with Crippen molar-refractivity contribution in [3.63, 3.8) is 0 Å². The monoisotopic (exact) mass is 294 g/mol. The third kappa shape index (κ3) is 2.79. The largest absolute Gasteiger partial charge is 0.389 e. The highest BCUT2D eigenvalue weighted by atomic mass is 16.3. The van der Waals surface area contributed by atoms with Crippen molar-refractivity contribution in [2.45, 2.75) is 82.9 Å². The van der Waals surface area contributed by atoms with Crippen molar-refractivity contribution in [3.05, 3.63) is 0 Å². The Morgan fingerprint density at radius 1 is 1.05 bits per heavy atom. The van der Waals surface area contributed by atoms with Gasteiger partial charge in [-0.15, -0.1) is 0 Å². The molecule has 0 radical (unpaired) electrons. The van der Waals surface area contributed by atoms with Crippen LogP contribution in [-0.2, 0) is 0 Å². The molecule has 1 N–H and O–H groups in total. The average molecular weight is 294 g/mol. The van der Waals surface area contributed by atoms with Gasteiger partial charge in [0, 0.05) is 31.1 Å². The van der Waals surface area contributed by atoms with E-state index in [0.29, 0.717) is 18.0 Å². The number of likely N-dealkylation sites (tertiary alicyclic amines) is 2. The molecule has 3 aliphatic rings. The van der Waals surface area contributed by atoms with Crippen LogP contribution in [0.1, 0.15) is 65.2 Å². The second-order valence-electron chi connectivity index (χ2n) is 7.56. The first-order valence-corrected chi connectivity index (χ1v) is 8.81. The maximum absolute atomic E-state index is 12.9. The van der Waals surface area contributed by atoms with Crippen molar-refractivity contribution in [1.82, 2.24) is 9.80 Å². The molecule has 4 unspecified atom stereocenters. The average Bonchev–Trinajstić information content (AvgIpc) is 2.46. The Labute approximate surface area is 128 Å². The summed E-state index contributed by atoms with van der Waals surface area (Å²) in [5, 5.41) is 10.8. The van der Waals surface area contributed by atoms with Gasteiger partial charge in [0.15, 0.2) is 0 Å². The molecule has 2 amide bonds. The van der Waals surface area contributed by atoms with Gasteiger partial charge in [-0.25, -0.2) is 4.79 Å². The van der Waals surface area contributed by atoms with Gasteiger partial charge in [0.2, 0.25) is 0 Å². The quantitative estimate of drug-likeness (QED) is 0.746. The first-order chi connectivity index (χ1) is 10.0. The number of amides is 2. The minimum Gasteiger partial charge on any atom is -0.389 e. The number of hydrogen-bond donors (Lipinski definition) is 1. The van der Waals surface area contributed by atoms with Gasteiger partial charge < -0.3 is 14.9 Å². The molecule has 4 atom stereocenters. The first-order valence-electron chi connectivity index (χ1n) is 8.81. The Morgan fingerprint density at radius 2 is 1.76 bits per heavy atom. The summed E-state index contributed by atoms with van der Waals surface area (Å²) in [4.78, 5) is 17.0. The van der Waals surface area contributed by atoms with Crippen molar-refractivity contribution < 1.29 is 9.90 Å². The van der Waals surface area contributed by atoms with Gasteiger partial charge in [0.1, 0.15) is 0 Å². The Morgan fingerprint density at radius 3 is 2.48 bits per heavy atom. The summed E-state index contributed by atoms with van der Waals surface area (Å²) in [6, 6.07) is 0.921. The fraction of sp³-hybridized carbons (Fsp3) is 0.941. The smallest absolute Gasteiger partial charge is 0.320 e. The number of carbonyl (C=O) groups excluding carboxylic acids is 1. The molecule has 1 saturated carbocycles. The van der Waals surface area contributed by atoms with Crippen LogP contribution in [0, 0.1) is 5.92 Å². The van der Waals surface area contributed by atoms with E-state index in [-0.39, 0.29) is 6.03 Å². The fourth-order valence-corrected chi connectivity index (χ4v) is 4.71. The summed E-state index contributed by atoms with van der Waals surface area (Å²) < 4.78 is 0. The van der Waals surface area contributed by atoms with Gasteiger partial charge in [-0.1, -0.05) is 12.8 Å². The minimum absolute atomic E-state index is 0.210. The lowest BCUT2D eigenvalue weighted by atomic mass is 9.71. The lowest BCUT2D eigenvalue weighted by Crippen LogP contribution is -2.59. The molecule has 0 aromatic heterocycles. The van der Waals surface area contributed by atoms with Crippen LogP contribution in [-0.4, -0.2) is 51.7 Å². The second kappa shape index (κ2) is 5.79. The van der Waals surface area contributed by atoms with E-state index in [4.69, 9.17) is 0 Å². The zero-order valence-electron chi connectivity index (χ0n) is 13.6. The van der Waals surface area contributed by atoms with Crippen LogP contribution in [0.2, 0.25) is 0 Å². The minimum atomic E-state index is -0.492. The predicted molar refractivity (Wildman–Crippen MR) is 83.1 cm³/mol. The third-order valence-electron chi connectivity index (χ3n) is 6.11. The predicted octanol–water partition coefficient (Wildman–Crippen LogP) is 3.00. The highest BCUT2D eigenvalue weighted by molar-refractivity contribution is 5.75. The zero-order valence-corrected chi connectivity index (χ0v) is 13.6. The van der Waals surface area contributed by atoms with Crippen LogP contribution in [0.25, 0.3) is 0 Å². The molecular formula is C17H30N2O2. The Kier molecular flexibility index (Phi) is 4.17. The molecule has 0 spiro atoms. The summed E-state index contributed by atoms with van der Waals surface area (Å²) in [6.07, 6.45) is 8.58. The van der Waals surface area contributed by atoms with Crippen molar-refractivity contribution in [2.75, 3.05) is 13.1 Å².